The molecule has 8 nitrogen and oxygen atoms in total. The second-order valence-corrected chi connectivity index (χ2v) is 4.78. The van der Waals surface area contributed by atoms with Crippen LogP contribution >= 0.6 is 0 Å². The Hall–Kier alpha value is -2.74. The number of carbonyl (C=O) groups is 2. The number of esters is 1. The van der Waals surface area contributed by atoms with Gasteiger partial charge in [-0.3, -0.25) is 14.9 Å². The largest absolute Gasteiger partial charge is 0.452 e. The first-order chi connectivity index (χ1) is 11.1. The van der Waals surface area contributed by atoms with Crippen LogP contribution in [0, 0.1) is 10.1 Å². The standard InChI is InChI=1S/C15H16N2O6/c18-14(16-7-9-22-10-8-16)11-23-15(19)6-3-12-1-4-13(5-2-12)17(20)21/h1-6H,7-11H2/b6-3+. The van der Waals surface area contributed by atoms with Gasteiger partial charge in [0.1, 0.15) is 0 Å². The van der Waals surface area contributed by atoms with Crippen LogP contribution in [0.1, 0.15) is 5.56 Å². The number of nitro groups is 1. The van der Waals surface area contributed by atoms with E-state index < -0.39 is 10.9 Å². The SMILES string of the molecule is O=C(/C=C/c1ccc([N+](=O)[O-])cc1)OCC(=O)N1CCOCC1. The van der Waals surface area contributed by atoms with Crippen molar-refractivity contribution in [1.82, 2.24) is 4.90 Å². The zero-order chi connectivity index (χ0) is 16.7. The molecule has 1 aromatic rings. The molecule has 0 saturated carbocycles. The lowest BCUT2D eigenvalue weighted by Gasteiger charge is -2.26. The second-order valence-electron chi connectivity index (χ2n) is 4.78. The number of amides is 1. The molecule has 122 valence electrons. The third kappa shape index (κ3) is 5.19. The van der Waals surface area contributed by atoms with Crippen molar-refractivity contribution >= 4 is 23.6 Å². The summed E-state index contributed by atoms with van der Waals surface area (Å²) in [4.78, 5) is 35.0. The van der Waals surface area contributed by atoms with Crippen LogP contribution in [0.5, 0.6) is 0 Å². The molecule has 1 heterocycles. The van der Waals surface area contributed by atoms with Gasteiger partial charge in [0.2, 0.25) is 0 Å². The first-order valence-corrected chi connectivity index (χ1v) is 7.01. The monoisotopic (exact) mass is 320 g/mol. The van der Waals surface area contributed by atoms with Gasteiger partial charge < -0.3 is 14.4 Å². The Morgan fingerprint density at radius 2 is 1.91 bits per heavy atom. The Morgan fingerprint density at radius 1 is 1.26 bits per heavy atom. The molecule has 0 spiro atoms. The molecule has 0 bridgehead atoms. The van der Waals surface area contributed by atoms with Crippen LogP contribution in [0.25, 0.3) is 6.08 Å². The van der Waals surface area contributed by atoms with Crippen LogP contribution in [-0.4, -0.2) is 54.6 Å². The average Bonchev–Trinajstić information content (AvgIpc) is 2.59. The molecule has 0 atom stereocenters. The zero-order valence-electron chi connectivity index (χ0n) is 12.3. The molecule has 23 heavy (non-hydrogen) atoms. The Morgan fingerprint density at radius 3 is 2.52 bits per heavy atom. The molecule has 8 heteroatoms. The number of hydrogen-bond donors (Lipinski definition) is 0. The smallest absolute Gasteiger partial charge is 0.331 e. The third-order valence-corrected chi connectivity index (χ3v) is 3.22. The molecular weight excluding hydrogens is 304 g/mol. The number of non-ortho nitro benzene ring substituents is 1. The van der Waals surface area contributed by atoms with Gasteiger partial charge >= 0.3 is 5.97 Å². The summed E-state index contributed by atoms with van der Waals surface area (Å²) >= 11 is 0. The van der Waals surface area contributed by atoms with Crippen molar-refractivity contribution in [2.75, 3.05) is 32.9 Å². The fourth-order valence-corrected chi connectivity index (χ4v) is 1.96. The average molecular weight is 320 g/mol. The maximum atomic E-state index is 11.8. The van der Waals surface area contributed by atoms with Gasteiger partial charge in [0.05, 0.1) is 18.1 Å². The van der Waals surface area contributed by atoms with Gasteiger partial charge in [0, 0.05) is 31.3 Å². The molecule has 1 saturated heterocycles. The highest BCUT2D eigenvalue weighted by Crippen LogP contribution is 2.12. The van der Waals surface area contributed by atoms with Gasteiger partial charge in [-0.05, 0) is 23.8 Å². The number of rotatable bonds is 5. The number of benzene rings is 1. The topological polar surface area (TPSA) is 99.0 Å². The predicted octanol–water partition coefficient (Wildman–Crippen LogP) is 1.01. The van der Waals surface area contributed by atoms with E-state index in [1.165, 1.54) is 36.4 Å². The Labute approximate surface area is 132 Å². The van der Waals surface area contributed by atoms with Crippen molar-refractivity contribution < 1.29 is 24.0 Å². The maximum absolute atomic E-state index is 11.8. The number of nitrogens with zero attached hydrogens (tertiary/aromatic N) is 2. The number of nitro benzene ring substituents is 1. The van der Waals surface area contributed by atoms with Crippen LogP contribution in [0.3, 0.4) is 0 Å². The summed E-state index contributed by atoms with van der Waals surface area (Å²) in [5.41, 5.74) is 0.591. The highest BCUT2D eigenvalue weighted by Gasteiger charge is 2.17. The fourth-order valence-electron chi connectivity index (χ4n) is 1.96. The number of morpholine rings is 1. The van der Waals surface area contributed by atoms with E-state index in [0.717, 1.165) is 0 Å². The number of hydrogen-bond acceptors (Lipinski definition) is 6. The first kappa shape index (κ1) is 16.6. The molecule has 0 unspecified atom stereocenters. The molecule has 1 aromatic carbocycles. The lowest BCUT2D eigenvalue weighted by molar-refractivity contribution is -0.384. The zero-order valence-corrected chi connectivity index (χ0v) is 12.3. The molecule has 0 radical (unpaired) electrons. The van der Waals surface area contributed by atoms with E-state index in [0.29, 0.717) is 31.9 Å². The lowest BCUT2D eigenvalue weighted by Crippen LogP contribution is -2.42. The molecule has 1 fully saturated rings. The van der Waals surface area contributed by atoms with Crippen LogP contribution in [-0.2, 0) is 19.1 Å². The van der Waals surface area contributed by atoms with Crippen molar-refractivity contribution in [2.45, 2.75) is 0 Å². The third-order valence-electron chi connectivity index (χ3n) is 3.22. The molecule has 0 N–H and O–H groups in total. The first-order valence-electron chi connectivity index (χ1n) is 7.01. The van der Waals surface area contributed by atoms with E-state index in [4.69, 9.17) is 9.47 Å². The fraction of sp³-hybridized carbons (Fsp3) is 0.333. The van der Waals surface area contributed by atoms with Gasteiger partial charge in [-0.2, -0.15) is 0 Å². The normalized spacial score (nSPS) is 14.7. The second kappa shape index (κ2) is 8.04. The minimum absolute atomic E-state index is 0.0270. The minimum atomic E-state index is -0.648. The Bertz CT molecular complexity index is 605. The Kier molecular flexibility index (Phi) is 5.81. The minimum Gasteiger partial charge on any atom is -0.452 e. The molecule has 2 rings (SSSR count). The summed E-state index contributed by atoms with van der Waals surface area (Å²) in [5, 5.41) is 10.5. The van der Waals surface area contributed by atoms with Gasteiger partial charge in [0.15, 0.2) is 6.61 Å². The van der Waals surface area contributed by atoms with Crippen LogP contribution in [0.2, 0.25) is 0 Å². The lowest BCUT2D eigenvalue weighted by atomic mass is 10.2. The summed E-state index contributed by atoms with van der Waals surface area (Å²) in [6, 6.07) is 5.71. The highest BCUT2D eigenvalue weighted by molar-refractivity contribution is 5.89. The maximum Gasteiger partial charge on any atom is 0.331 e. The summed E-state index contributed by atoms with van der Waals surface area (Å²) in [6.45, 7) is 1.65. The van der Waals surface area contributed by atoms with Gasteiger partial charge in [-0.1, -0.05) is 0 Å². The molecule has 1 aliphatic rings. The summed E-state index contributed by atoms with van der Waals surface area (Å²) in [5.74, 6) is -0.907. The predicted molar refractivity (Wildman–Crippen MR) is 80.5 cm³/mol. The van der Waals surface area contributed by atoms with Gasteiger partial charge in [-0.25, -0.2) is 4.79 Å². The molecule has 1 amide bonds. The van der Waals surface area contributed by atoms with Gasteiger partial charge in [-0.15, -0.1) is 0 Å². The van der Waals surface area contributed by atoms with Crippen molar-refractivity contribution in [1.29, 1.82) is 0 Å². The molecule has 1 aliphatic heterocycles. The van der Waals surface area contributed by atoms with Crippen molar-refractivity contribution in [3.63, 3.8) is 0 Å². The van der Waals surface area contributed by atoms with Crippen LogP contribution in [0.4, 0.5) is 5.69 Å². The quantitative estimate of drug-likeness (QED) is 0.347. The molecule has 0 aromatic heterocycles. The summed E-state index contributed by atoms with van der Waals surface area (Å²) in [6.07, 6.45) is 2.64. The van der Waals surface area contributed by atoms with E-state index in [1.54, 1.807) is 4.90 Å². The van der Waals surface area contributed by atoms with Crippen molar-refractivity contribution in [3.05, 3.63) is 46.0 Å². The van der Waals surface area contributed by atoms with Gasteiger partial charge in [0.25, 0.3) is 11.6 Å². The number of ether oxygens (including phenoxy) is 2. The van der Waals surface area contributed by atoms with E-state index in [1.807, 2.05) is 0 Å². The number of carbonyl (C=O) groups excluding carboxylic acids is 2. The van der Waals surface area contributed by atoms with Crippen molar-refractivity contribution in [2.24, 2.45) is 0 Å². The summed E-state index contributed by atoms with van der Waals surface area (Å²) in [7, 11) is 0. The van der Waals surface area contributed by atoms with Crippen LogP contribution in [0.15, 0.2) is 30.3 Å². The van der Waals surface area contributed by atoms with E-state index in [-0.39, 0.29) is 18.2 Å². The highest BCUT2D eigenvalue weighted by atomic mass is 16.6. The van der Waals surface area contributed by atoms with E-state index in [2.05, 4.69) is 0 Å². The van der Waals surface area contributed by atoms with E-state index in [9.17, 15) is 19.7 Å². The van der Waals surface area contributed by atoms with Crippen LogP contribution < -0.4 is 0 Å². The molecular formula is C15H16N2O6. The summed E-state index contributed by atoms with van der Waals surface area (Å²) < 4.78 is 10.0. The molecule has 0 aliphatic carbocycles. The van der Waals surface area contributed by atoms with E-state index >= 15 is 0 Å². The Balaban J connectivity index is 1.79. The van der Waals surface area contributed by atoms with Crippen molar-refractivity contribution in [3.8, 4) is 0 Å².